The van der Waals surface area contributed by atoms with Crippen molar-refractivity contribution in [1.29, 1.82) is 0 Å². The highest BCUT2D eigenvalue weighted by atomic mass is 79.9. The van der Waals surface area contributed by atoms with Gasteiger partial charge in [0.15, 0.2) is 0 Å². The first kappa shape index (κ1) is 14.7. The Morgan fingerprint density at radius 1 is 1.59 bits per heavy atom. The van der Waals surface area contributed by atoms with Crippen LogP contribution in [0.25, 0.3) is 0 Å². The fourth-order valence-electron chi connectivity index (χ4n) is 1.20. The number of ether oxygens (including phenoxy) is 1. The number of halogens is 1. The zero-order chi connectivity index (χ0) is 12.8. The number of nitrogens with zero attached hydrogens (tertiary/aromatic N) is 1. The molecule has 0 aliphatic heterocycles. The average Bonchev–Trinajstić information content (AvgIpc) is 2.32. The third-order valence-corrected chi connectivity index (χ3v) is 4.50. The Labute approximate surface area is 114 Å². The maximum absolute atomic E-state index is 11.6. The second-order valence-corrected chi connectivity index (χ2v) is 5.96. The van der Waals surface area contributed by atoms with E-state index in [1.54, 1.807) is 18.9 Å². The van der Waals surface area contributed by atoms with E-state index in [2.05, 4.69) is 39.7 Å². The molecule has 0 radical (unpaired) electrons. The molecule has 1 atom stereocenters. The molecule has 1 unspecified atom stereocenters. The molecule has 0 aromatic carbocycles. The van der Waals surface area contributed by atoms with Gasteiger partial charge in [-0.25, -0.2) is 4.98 Å². The van der Waals surface area contributed by atoms with Crippen LogP contribution in [0.5, 0.6) is 0 Å². The molecular formula is C11H17BrN2O2S. The van der Waals surface area contributed by atoms with Crippen LogP contribution in [0.15, 0.2) is 9.27 Å². The summed E-state index contributed by atoms with van der Waals surface area (Å²) in [5.74, 6) is 1.42. The summed E-state index contributed by atoms with van der Waals surface area (Å²) in [6.07, 6.45) is 1.11. The summed E-state index contributed by atoms with van der Waals surface area (Å²) in [4.78, 5) is 18.8. The second-order valence-electron chi connectivity index (χ2n) is 3.74. The molecule has 0 amide bonds. The van der Waals surface area contributed by atoms with Gasteiger partial charge in [-0.05, 0) is 22.4 Å². The van der Waals surface area contributed by atoms with E-state index in [0.29, 0.717) is 33.6 Å². The number of aromatic amines is 1. The van der Waals surface area contributed by atoms with Crippen LogP contribution in [0, 0.1) is 0 Å². The Hall–Kier alpha value is -0.330. The summed E-state index contributed by atoms with van der Waals surface area (Å²) in [5, 5.41) is 0.565. The molecule has 1 heterocycles. The predicted octanol–water partition coefficient (Wildman–Crippen LogP) is 2.71. The topological polar surface area (TPSA) is 55.0 Å². The van der Waals surface area contributed by atoms with Crippen LogP contribution in [-0.2, 0) is 17.1 Å². The summed E-state index contributed by atoms with van der Waals surface area (Å²) in [5.41, 5.74) is 0.503. The van der Waals surface area contributed by atoms with Crippen LogP contribution in [0.2, 0.25) is 0 Å². The molecule has 0 saturated carbocycles. The van der Waals surface area contributed by atoms with Gasteiger partial charge in [-0.1, -0.05) is 13.8 Å². The van der Waals surface area contributed by atoms with Crippen molar-refractivity contribution in [2.24, 2.45) is 0 Å². The fourth-order valence-corrected chi connectivity index (χ4v) is 2.31. The number of aromatic nitrogens is 2. The lowest BCUT2D eigenvalue weighted by Crippen LogP contribution is -2.16. The highest BCUT2D eigenvalue weighted by molar-refractivity contribution is 9.10. The maximum Gasteiger partial charge on any atom is 0.265 e. The zero-order valence-corrected chi connectivity index (χ0v) is 12.7. The molecule has 0 aliphatic rings. The van der Waals surface area contributed by atoms with Crippen LogP contribution < -0.4 is 5.56 Å². The summed E-state index contributed by atoms with van der Waals surface area (Å²) in [7, 11) is 1.59. The van der Waals surface area contributed by atoms with E-state index >= 15 is 0 Å². The van der Waals surface area contributed by atoms with Crippen molar-refractivity contribution in [3.63, 3.8) is 0 Å². The number of H-pyrrole nitrogens is 1. The minimum absolute atomic E-state index is 0.146. The monoisotopic (exact) mass is 320 g/mol. The number of hydrogen-bond donors (Lipinski definition) is 1. The van der Waals surface area contributed by atoms with E-state index in [0.717, 1.165) is 6.42 Å². The van der Waals surface area contributed by atoms with E-state index in [9.17, 15) is 4.79 Å². The summed E-state index contributed by atoms with van der Waals surface area (Å²) < 4.78 is 5.47. The van der Waals surface area contributed by atoms with Gasteiger partial charge in [0.2, 0.25) is 0 Å². The largest absolute Gasteiger partial charge is 0.378 e. The lowest BCUT2D eigenvalue weighted by Gasteiger charge is -2.09. The highest BCUT2D eigenvalue weighted by Gasteiger charge is 2.09. The van der Waals surface area contributed by atoms with Crippen molar-refractivity contribution >= 4 is 27.7 Å². The Balaban J connectivity index is 2.83. The SMILES string of the molecule is CCC(C)SCc1nc(COC)c(Br)c(=O)[nH]1. The van der Waals surface area contributed by atoms with Crippen LogP contribution in [0.3, 0.4) is 0 Å². The Bertz CT molecular complexity index is 422. The lowest BCUT2D eigenvalue weighted by molar-refractivity contribution is 0.180. The molecule has 96 valence electrons. The van der Waals surface area contributed by atoms with Crippen LogP contribution in [-0.4, -0.2) is 22.3 Å². The molecule has 4 nitrogen and oxygen atoms in total. The van der Waals surface area contributed by atoms with Crippen LogP contribution in [0.4, 0.5) is 0 Å². The van der Waals surface area contributed by atoms with Gasteiger partial charge in [0.1, 0.15) is 10.3 Å². The first-order chi connectivity index (χ1) is 8.08. The minimum Gasteiger partial charge on any atom is -0.378 e. The van der Waals surface area contributed by atoms with Crippen molar-refractivity contribution in [3.8, 4) is 0 Å². The number of rotatable bonds is 6. The minimum atomic E-state index is -0.146. The quantitative estimate of drug-likeness (QED) is 0.875. The molecule has 0 bridgehead atoms. The van der Waals surface area contributed by atoms with Gasteiger partial charge in [-0.3, -0.25) is 4.79 Å². The molecule has 6 heteroatoms. The summed E-state index contributed by atoms with van der Waals surface area (Å²) in [6.45, 7) is 4.65. The van der Waals surface area contributed by atoms with Crippen molar-refractivity contribution in [3.05, 3.63) is 26.3 Å². The van der Waals surface area contributed by atoms with Gasteiger partial charge in [0.25, 0.3) is 5.56 Å². The lowest BCUT2D eigenvalue weighted by atomic mass is 10.4. The van der Waals surface area contributed by atoms with Gasteiger partial charge in [-0.15, -0.1) is 0 Å². The second kappa shape index (κ2) is 7.18. The van der Waals surface area contributed by atoms with E-state index in [4.69, 9.17) is 4.74 Å². The first-order valence-corrected chi connectivity index (χ1v) is 7.30. The van der Waals surface area contributed by atoms with E-state index in [1.807, 2.05) is 0 Å². The molecule has 1 aromatic heterocycles. The van der Waals surface area contributed by atoms with Crippen molar-refractivity contribution < 1.29 is 4.74 Å². The molecular weight excluding hydrogens is 304 g/mol. The van der Waals surface area contributed by atoms with Gasteiger partial charge < -0.3 is 9.72 Å². The molecule has 1 N–H and O–H groups in total. The van der Waals surface area contributed by atoms with Gasteiger partial charge in [0, 0.05) is 12.4 Å². The van der Waals surface area contributed by atoms with Gasteiger partial charge in [-0.2, -0.15) is 11.8 Å². The summed E-state index contributed by atoms with van der Waals surface area (Å²) >= 11 is 5.00. The predicted molar refractivity (Wildman–Crippen MR) is 74.3 cm³/mol. The Morgan fingerprint density at radius 2 is 2.29 bits per heavy atom. The van der Waals surface area contributed by atoms with Crippen molar-refractivity contribution in [2.45, 2.75) is 37.9 Å². The van der Waals surface area contributed by atoms with Crippen LogP contribution in [0.1, 0.15) is 31.8 Å². The summed E-state index contributed by atoms with van der Waals surface area (Å²) in [6, 6.07) is 0. The molecule has 17 heavy (non-hydrogen) atoms. The standard InChI is InChI=1S/C11H17BrN2O2S/c1-4-7(2)17-6-9-13-8(5-16-3)10(12)11(15)14-9/h7H,4-6H2,1-3H3,(H,13,14,15). The van der Waals surface area contributed by atoms with Gasteiger partial charge >= 0.3 is 0 Å². The number of nitrogens with one attached hydrogen (secondary N) is 1. The average molecular weight is 321 g/mol. The maximum atomic E-state index is 11.6. The molecule has 0 spiro atoms. The highest BCUT2D eigenvalue weighted by Crippen LogP contribution is 2.18. The molecule has 0 aliphatic carbocycles. The molecule has 0 fully saturated rings. The number of methoxy groups -OCH3 is 1. The number of hydrogen-bond acceptors (Lipinski definition) is 4. The fraction of sp³-hybridized carbons (Fsp3) is 0.636. The first-order valence-electron chi connectivity index (χ1n) is 5.46. The number of thioether (sulfide) groups is 1. The Morgan fingerprint density at radius 3 is 2.88 bits per heavy atom. The smallest absolute Gasteiger partial charge is 0.265 e. The van der Waals surface area contributed by atoms with Gasteiger partial charge in [0.05, 0.1) is 18.1 Å². The van der Waals surface area contributed by atoms with E-state index in [1.165, 1.54) is 0 Å². The van der Waals surface area contributed by atoms with Crippen molar-refractivity contribution in [1.82, 2.24) is 9.97 Å². The normalized spacial score (nSPS) is 12.7. The molecule has 1 aromatic rings. The third-order valence-electron chi connectivity index (χ3n) is 2.34. The zero-order valence-electron chi connectivity index (χ0n) is 10.2. The molecule has 0 saturated heterocycles. The third kappa shape index (κ3) is 4.44. The van der Waals surface area contributed by atoms with E-state index < -0.39 is 0 Å². The molecule has 1 rings (SSSR count). The Kier molecular flexibility index (Phi) is 6.22. The van der Waals surface area contributed by atoms with Crippen molar-refractivity contribution in [2.75, 3.05) is 7.11 Å². The van der Waals surface area contributed by atoms with Crippen LogP contribution >= 0.6 is 27.7 Å². The van der Waals surface area contributed by atoms with E-state index in [-0.39, 0.29) is 5.56 Å².